The zero-order valence-electron chi connectivity index (χ0n) is 11.1. The lowest BCUT2D eigenvalue weighted by Crippen LogP contribution is -2.56. The number of piperazine rings is 1. The maximum atomic E-state index is 13.3. The summed E-state index contributed by atoms with van der Waals surface area (Å²) in [6, 6.07) is 1.77. The number of primary amides is 1. The molecule has 0 bridgehead atoms. The first-order valence-corrected chi connectivity index (χ1v) is 6.38. The highest BCUT2D eigenvalue weighted by atomic mass is 19.4. The highest BCUT2D eigenvalue weighted by molar-refractivity contribution is 5.80. The van der Waals surface area contributed by atoms with Crippen molar-refractivity contribution in [2.24, 2.45) is 5.73 Å². The molecule has 21 heavy (non-hydrogen) atoms. The van der Waals surface area contributed by atoms with Crippen molar-refractivity contribution in [1.82, 2.24) is 10.2 Å². The smallest absolute Gasteiger partial charge is 0.368 e. The van der Waals surface area contributed by atoms with Crippen LogP contribution in [0.25, 0.3) is 0 Å². The van der Waals surface area contributed by atoms with E-state index in [9.17, 15) is 22.4 Å². The van der Waals surface area contributed by atoms with Gasteiger partial charge in [0.2, 0.25) is 5.91 Å². The van der Waals surface area contributed by atoms with Crippen LogP contribution in [0.1, 0.15) is 11.1 Å². The van der Waals surface area contributed by atoms with Crippen LogP contribution in [0.15, 0.2) is 18.2 Å². The van der Waals surface area contributed by atoms with E-state index in [0.717, 1.165) is 12.1 Å². The van der Waals surface area contributed by atoms with E-state index in [1.165, 1.54) is 0 Å². The van der Waals surface area contributed by atoms with Crippen molar-refractivity contribution >= 4 is 5.91 Å². The first-order chi connectivity index (χ1) is 9.77. The SMILES string of the molecule is NC(=O)C1CNCCN1Cc1cc(F)cc(C(F)(F)F)c1. The molecule has 1 amide bonds. The third-order valence-electron chi connectivity index (χ3n) is 3.35. The van der Waals surface area contributed by atoms with Gasteiger partial charge in [-0.2, -0.15) is 13.2 Å². The van der Waals surface area contributed by atoms with Gasteiger partial charge in [-0.1, -0.05) is 0 Å². The summed E-state index contributed by atoms with van der Waals surface area (Å²) in [6.45, 7) is 1.41. The topological polar surface area (TPSA) is 58.4 Å². The number of nitrogens with zero attached hydrogens (tertiary/aromatic N) is 1. The normalized spacial score (nSPS) is 20.5. The van der Waals surface area contributed by atoms with Crippen LogP contribution in [-0.4, -0.2) is 36.5 Å². The van der Waals surface area contributed by atoms with E-state index < -0.39 is 29.5 Å². The molecule has 0 saturated carbocycles. The first-order valence-electron chi connectivity index (χ1n) is 6.38. The highest BCUT2D eigenvalue weighted by Crippen LogP contribution is 2.30. The number of amides is 1. The number of hydrogen-bond donors (Lipinski definition) is 2. The Bertz CT molecular complexity index is 533. The molecule has 1 aromatic rings. The van der Waals surface area contributed by atoms with Crippen molar-refractivity contribution in [1.29, 1.82) is 0 Å². The van der Waals surface area contributed by atoms with Crippen LogP contribution >= 0.6 is 0 Å². The van der Waals surface area contributed by atoms with Crippen molar-refractivity contribution in [3.8, 4) is 0 Å². The van der Waals surface area contributed by atoms with Gasteiger partial charge in [-0.3, -0.25) is 9.69 Å². The fourth-order valence-electron chi connectivity index (χ4n) is 2.36. The maximum Gasteiger partial charge on any atom is 0.416 e. The summed E-state index contributed by atoms with van der Waals surface area (Å²) >= 11 is 0. The first kappa shape index (κ1) is 15.7. The molecule has 1 atom stereocenters. The molecule has 1 aromatic carbocycles. The Morgan fingerprint density at radius 3 is 2.71 bits per heavy atom. The second-order valence-corrected chi connectivity index (χ2v) is 4.94. The summed E-state index contributed by atoms with van der Waals surface area (Å²) in [5, 5.41) is 2.98. The molecule has 1 aliphatic rings. The Morgan fingerprint density at radius 2 is 2.10 bits per heavy atom. The summed E-state index contributed by atoms with van der Waals surface area (Å²) in [5.41, 5.74) is 4.39. The predicted molar refractivity (Wildman–Crippen MR) is 67.7 cm³/mol. The van der Waals surface area contributed by atoms with Crippen molar-refractivity contribution in [2.75, 3.05) is 19.6 Å². The van der Waals surface area contributed by atoms with Crippen LogP contribution in [0.3, 0.4) is 0 Å². The van der Waals surface area contributed by atoms with E-state index in [0.29, 0.717) is 25.7 Å². The average molecular weight is 305 g/mol. The average Bonchev–Trinajstić information content (AvgIpc) is 2.37. The Hall–Kier alpha value is -1.67. The number of nitrogens with one attached hydrogen (secondary N) is 1. The van der Waals surface area contributed by atoms with Gasteiger partial charge >= 0.3 is 6.18 Å². The number of carbonyl (C=O) groups excluding carboxylic acids is 1. The van der Waals surface area contributed by atoms with Crippen LogP contribution in [0.4, 0.5) is 17.6 Å². The van der Waals surface area contributed by atoms with Gasteiger partial charge in [0.15, 0.2) is 0 Å². The van der Waals surface area contributed by atoms with Crippen LogP contribution in [0, 0.1) is 5.82 Å². The third kappa shape index (κ3) is 3.92. The second-order valence-electron chi connectivity index (χ2n) is 4.94. The minimum atomic E-state index is -4.61. The molecule has 8 heteroatoms. The van der Waals surface area contributed by atoms with E-state index in [1.54, 1.807) is 4.90 Å². The summed E-state index contributed by atoms with van der Waals surface area (Å²) < 4.78 is 51.3. The minimum absolute atomic E-state index is 0.0378. The second kappa shape index (κ2) is 5.98. The third-order valence-corrected chi connectivity index (χ3v) is 3.35. The quantitative estimate of drug-likeness (QED) is 0.822. The lowest BCUT2D eigenvalue weighted by atomic mass is 10.1. The van der Waals surface area contributed by atoms with Crippen LogP contribution < -0.4 is 11.1 Å². The Balaban J connectivity index is 2.22. The number of alkyl halides is 3. The van der Waals surface area contributed by atoms with Gasteiger partial charge in [-0.15, -0.1) is 0 Å². The van der Waals surface area contributed by atoms with E-state index in [4.69, 9.17) is 5.73 Å². The largest absolute Gasteiger partial charge is 0.416 e. The van der Waals surface area contributed by atoms with E-state index in [-0.39, 0.29) is 12.1 Å². The number of benzene rings is 1. The van der Waals surface area contributed by atoms with Gasteiger partial charge in [-0.25, -0.2) is 4.39 Å². The summed E-state index contributed by atoms with van der Waals surface area (Å²) in [5.74, 6) is -1.51. The molecule has 116 valence electrons. The molecular weight excluding hydrogens is 290 g/mol. The molecule has 0 aromatic heterocycles. The van der Waals surface area contributed by atoms with Crippen molar-refractivity contribution in [2.45, 2.75) is 18.8 Å². The Labute approximate surface area is 118 Å². The Morgan fingerprint density at radius 1 is 1.38 bits per heavy atom. The fourth-order valence-corrected chi connectivity index (χ4v) is 2.36. The van der Waals surface area contributed by atoms with Gasteiger partial charge in [0.1, 0.15) is 11.9 Å². The fraction of sp³-hybridized carbons (Fsp3) is 0.462. The number of hydrogen-bond acceptors (Lipinski definition) is 3. The van der Waals surface area contributed by atoms with Gasteiger partial charge in [0, 0.05) is 26.2 Å². The molecule has 1 aliphatic heterocycles. The molecule has 1 heterocycles. The lowest BCUT2D eigenvalue weighted by molar-refractivity contribution is -0.138. The van der Waals surface area contributed by atoms with E-state index in [2.05, 4.69) is 5.32 Å². The monoisotopic (exact) mass is 305 g/mol. The van der Waals surface area contributed by atoms with Gasteiger partial charge in [0.05, 0.1) is 5.56 Å². The van der Waals surface area contributed by atoms with Crippen molar-refractivity contribution < 1.29 is 22.4 Å². The van der Waals surface area contributed by atoms with Crippen molar-refractivity contribution in [3.63, 3.8) is 0 Å². The zero-order valence-corrected chi connectivity index (χ0v) is 11.1. The molecule has 1 unspecified atom stereocenters. The molecule has 1 fully saturated rings. The number of nitrogens with two attached hydrogens (primary N) is 1. The summed E-state index contributed by atoms with van der Waals surface area (Å²) in [7, 11) is 0. The standard InChI is InChI=1S/C13H15F4N3O/c14-10-4-8(3-9(5-10)13(15,16)17)7-20-2-1-19-6-11(20)12(18)21/h3-5,11,19H,1-2,6-7H2,(H2,18,21). The molecule has 2 rings (SSSR count). The zero-order chi connectivity index (χ0) is 15.6. The van der Waals surface area contributed by atoms with E-state index >= 15 is 0 Å². The van der Waals surface area contributed by atoms with Gasteiger partial charge in [0.25, 0.3) is 0 Å². The molecule has 3 N–H and O–H groups in total. The summed E-state index contributed by atoms with van der Waals surface area (Å²) in [6.07, 6.45) is -4.61. The molecule has 4 nitrogen and oxygen atoms in total. The van der Waals surface area contributed by atoms with Crippen LogP contribution in [0.5, 0.6) is 0 Å². The van der Waals surface area contributed by atoms with Crippen LogP contribution in [-0.2, 0) is 17.5 Å². The minimum Gasteiger partial charge on any atom is -0.368 e. The lowest BCUT2D eigenvalue weighted by Gasteiger charge is -2.34. The number of rotatable bonds is 3. The number of carbonyl (C=O) groups is 1. The molecular formula is C13H15F4N3O. The molecule has 0 radical (unpaired) electrons. The van der Waals surface area contributed by atoms with Crippen molar-refractivity contribution in [3.05, 3.63) is 35.1 Å². The summed E-state index contributed by atoms with van der Waals surface area (Å²) in [4.78, 5) is 13.0. The molecule has 0 aliphatic carbocycles. The van der Waals surface area contributed by atoms with Gasteiger partial charge < -0.3 is 11.1 Å². The molecule has 1 saturated heterocycles. The van der Waals surface area contributed by atoms with E-state index in [1.807, 2.05) is 0 Å². The maximum absolute atomic E-state index is 13.3. The highest BCUT2D eigenvalue weighted by Gasteiger charge is 2.32. The Kier molecular flexibility index (Phi) is 4.48. The van der Waals surface area contributed by atoms with Gasteiger partial charge in [-0.05, 0) is 23.8 Å². The number of halogens is 4. The predicted octanol–water partition coefficient (Wildman–Crippen LogP) is 1.10. The molecule has 0 spiro atoms. The van der Waals surface area contributed by atoms with Crippen LogP contribution in [0.2, 0.25) is 0 Å².